The van der Waals surface area contributed by atoms with Crippen molar-refractivity contribution >= 4 is 21.6 Å². The van der Waals surface area contributed by atoms with Crippen LogP contribution in [0.25, 0.3) is 0 Å². The summed E-state index contributed by atoms with van der Waals surface area (Å²) in [6.07, 6.45) is 1.92. The van der Waals surface area contributed by atoms with Crippen LogP contribution in [-0.2, 0) is 9.47 Å². The molecule has 2 saturated heterocycles. The Morgan fingerprint density at radius 2 is 1.83 bits per heavy atom. The van der Waals surface area contributed by atoms with E-state index in [-0.39, 0.29) is 5.79 Å². The lowest BCUT2D eigenvalue weighted by Gasteiger charge is -2.39. The lowest BCUT2D eigenvalue weighted by Crippen LogP contribution is -2.45. The molecule has 3 rings (SSSR count). The lowest BCUT2D eigenvalue weighted by atomic mass is 10.0. The van der Waals surface area contributed by atoms with Crippen LogP contribution in [0.4, 0.5) is 5.69 Å². The fourth-order valence-electron chi connectivity index (χ4n) is 2.85. The van der Waals surface area contributed by atoms with Gasteiger partial charge in [0.2, 0.25) is 0 Å². The zero-order valence-electron chi connectivity index (χ0n) is 10.6. The van der Waals surface area contributed by atoms with Crippen LogP contribution in [0.2, 0.25) is 0 Å². The smallest absolute Gasteiger partial charge is 0.171 e. The summed E-state index contributed by atoms with van der Waals surface area (Å²) in [6.45, 7) is 5.66. The summed E-state index contributed by atoms with van der Waals surface area (Å²) in [7, 11) is 0. The Hall–Kier alpha value is -0.580. The van der Waals surface area contributed by atoms with Gasteiger partial charge in [-0.2, -0.15) is 0 Å². The Kier molecular flexibility index (Phi) is 3.34. The number of rotatable bonds is 1. The van der Waals surface area contributed by atoms with Gasteiger partial charge in [-0.15, -0.1) is 0 Å². The summed E-state index contributed by atoms with van der Waals surface area (Å²) in [5, 5.41) is 0. The summed E-state index contributed by atoms with van der Waals surface area (Å²) < 4.78 is 12.7. The highest BCUT2D eigenvalue weighted by molar-refractivity contribution is 9.10. The van der Waals surface area contributed by atoms with Gasteiger partial charge in [0.15, 0.2) is 5.79 Å². The monoisotopic (exact) mass is 311 g/mol. The second-order valence-corrected chi connectivity index (χ2v) is 5.94. The van der Waals surface area contributed by atoms with Crippen LogP contribution in [0, 0.1) is 6.92 Å². The van der Waals surface area contributed by atoms with Gasteiger partial charge in [0, 0.05) is 36.1 Å². The zero-order chi connectivity index (χ0) is 12.6. The van der Waals surface area contributed by atoms with E-state index in [1.165, 1.54) is 11.3 Å². The van der Waals surface area contributed by atoms with E-state index in [1.54, 1.807) is 0 Å². The maximum absolute atomic E-state index is 5.76. The van der Waals surface area contributed by atoms with Crippen molar-refractivity contribution in [2.75, 3.05) is 31.2 Å². The van der Waals surface area contributed by atoms with E-state index in [1.807, 2.05) is 0 Å². The maximum Gasteiger partial charge on any atom is 0.171 e. The Morgan fingerprint density at radius 1 is 1.17 bits per heavy atom. The largest absolute Gasteiger partial charge is 0.371 e. The van der Waals surface area contributed by atoms with Gasteiger partial charge in [0.05, 0.1) is 13.2 Å². The van der Waals surface area contributed by atoms with Gasteiger partial charge in [-0.25, -0.2) is 0 Å². The molecule has 0 aliphatic carbocycles. The summed E-state index contributed by atoms with van der Waals surface area (Å²) in [4.78, 5) is 2.43. The molecule has 0 N–H and O–H groups in total. The summed E-state index contributed by atoms with van der Waals surface area (Å²) in [6, 6.07) is 6.46. The fraction of sp³-hybridized carbons (Fsp3) is 0.571. The molecule has 18 heavy (non-hydrogen) atoms. The van der Waals surface area contributed by atoms with Gasteiger partial charge in [-0.1, -0.05) is 15.9 Å². The first kappa shape index (κ1) is 12.5. The molecule has 2 heterocycles. The van der Waals surface area contributed by atoms with Crippen LogP contribution in [0.5, 0.6) is 0 Å². The highest BCUT2D eigenvalue weighted by atomic mass is 79.9. The minimum atomic E-state index is -0.278. The Labute approximate surface area is 116 Å². The van der Waals surface area contributed by atoms with Crippen molar-refractivity contribution in [2.45, 2.75) is 25.6 Å². The van der Waals surface area contributed by atoms with Crippen molar-refractivity contribution in [1.29, 1.82) is 0 Å². The third-order valence-corrected chi connectivity index (χ3v) is 4.33. The van der Waals surface area contributed by atoms with Crippen LogP contribution in [0.15, 0.2) is 22.7 Å². The lowest BCUT2D eigenvalue weighted by molar-refractivity contribution is -0.169. The molecule has 4 heteroatoms. The van der Waals surface area contributed by atoms with Crippen molar-refractivity contribution in [3.05, 3.63) is 28.2 Å². The summed E-state index contributed by atoms with van der Waals surface area (Å²) in [5.41, 5.74) is 2.64. The molecule has 0 bridgehead atoms. The van der Waals surface area contributed by atoms with Crippen LogP contribution in [0.1, 0.15) is 18.4 Å². The molecule has 2 aliphatic heterocycles. The molecule has 0 atom stereocenters. The number of ether oxygens (including phenoxy) is 2. The number of benzene rings is 1. The topological polar surface area (TPSA) is 21.7 Å². The van der Waals surface area contributed by atoms with Crippen LogP contribution < -0.4 is 4.90 Å². The molecule has 0 unspecified atom stereocenters. The molecule has 3 nitrogen and oxygen atoms in total. The Balaban J connectivity index is 1.72. The van der Waals surface area contributed by atoms with Gasteiger partial charge in [0.1, 0.15) is 0 Å². The molecule has 0 aromatic heterocycles. The third kappa shape index (κ3) is 2.29. The Morgan fingerprint density at radius 3 is 2.44 bits per heavy atom. The second-order valence-electron chi connectivity index (χ2n) is 5.03. The SMILES string of the molecule is Cc1cc(Br)ccc1N1CCC2(CC1)OCCO2. The van der Waals surface area contributed by atoms with E-state index in [0.717, 1.165) is 43.6 Å². The van der Waals surface area contributed by atoms with Gasteiger partial charge in [0.25, 0.3) is 0 Å². The molecule has 0 amide bonds. The Bertz CT molecular complexity index is 433. The number of hydrogen-bond acceptors (Lipinski definition) is 3. The first-order valence-corrected chi connectivity index (χ1v) is 7.27. The van der Waals surface area contributed by atoms with Crippen LogP contribution >= 0.6 is 15.9 Å². The minimum Gasteiger partial charge on any atom is -0.371 e. The maximum atomic E-state index is 5.76. The van der Waals surface area contributed by atoms with Crippen molar-refractivity contribution in [3.63, 3.8) is 0 Å². The summed E-state index contributed by atoms with van der Waals surface area (Å²) in [5.74, 6) is -0.278. The molecule has 2 fully saturated rings. The van der Waals surface area contributed by atoms with Crippen molar-refractivity contribution < 1.29 is 9.47 Å². The van der Waals surface area contributed by atoms with Gasteiger partial charge >= 0.3 is 0 Å². The average Bonchev–Trinajstić information content (AvgIpc) is 2.80. The second kappa shape index (κ2) is 4.83. The minimum absolute atomic E-state index is 0.278. The van der Waals surface area contributed by atoms with E-state index in [2.05, 4.69) is 46.0 Å². The predicted molar refractivity (Wildman–Crippen MR) is 75.0 cm³/mol. The highest BCUT2D eigenvalue weighted by Gasteiger charge is 2.39. The van der Waals surface area contributed by atoms with Gasteiger partial charge < -0.3 is 14.4 Å². The number of hydrogen-bond donors (Lipinski definition) is 0. The molecule has 98 valence electrons. The number of nitrogens with zero attached hydrogens (tertiary/aromatic N) is 1. The van der Waals surface area contributed by atoms with E-state index in [9.17, 15) is 0 Å². The van der Waals surface area contributed by atoms with Crippen LogP contribution in [-0.4, -0.2) is 32.1 Å². The number of aryl methyl sites for hydroxylation is 1. The number of halogens is 1. The first-order valence-electron chi connectivity index (χ1n) is 6.48. The quantitative estimate of drug-likeness (QED) is 0.795. The molecular formula is C14H18BrNO2. The average molecular weight is 312 g/mol. The molecule has 1 aromatic carbocycles. The van der Waals surface area contributed by atoms with Crippen molar-refractivity contribution in [1.82, 2.24) is 0 Å². The predicted octanol–water partition coefficient (Wildman–Crippen LogP) is 3.10. The van der Waals surface area contributed by atoms with Gasteiger partial charge in [-0.05, 0) is 30.7 Å². The standard InChI is InChI=1S/C14H18BrNO2/c1-11-10-12(15)2-3-13(11)16-6-4-14(5-7-16)17-8-9-18-14/h2-3,10H,4-9H2,1H3. The van der Waals surface area contributed by atoms with Crippen molar-refractivity contribution in [2.24, 2.45) is 0 Å². The first-order chi connectivity index (χ1) is 8.69. The highest BCUT2D eigenvalue weighted by Crippen LogP contribution is 2.34. The molecule has 1 spiro atoms. The van der Waals surface area contributed by atoms with E-state index < -0.39 is 0 Å². The number of piperidine rings is 1. The zero-order valence-corrected chi connectivity index (χ0v) is 12.2. The van der Waals surface area contributed by atoms with E-state index in [0.29, 0.717) is 0 Å². The fourth-order valence-corrected chi connectivity index (χ4v) is 3.32. The van der Waals surface area contributed by atoms with E-state index in [4.69, 9.17) is 9.47 Å². The normalized spacial score (nSPS) is 22.7. The number of anilines is 1. The molecule has 2 aliphatic rings. The molecule has 0 radical (unpaired) electrons. The summed E-state index contributed by atoms with van der Waals surface area (Å²) >= 11 is 3.51. The van der Waals surface area contributed by atoms with Crippen LogP contribution in [0.3, 0.4) is 0 Å². The third-order valence-electron chi connectivity index (χ3n) is 3.84. The van der Waals surface area contributed by atoms with Gasteiger partial charge in [-0.3, -0.25) is 0 Å². The van der Waals surface area contributed by atoms with Crippen molar-refractivity contribution in [3.8, 4) is 0 Å². The molecule has 0 saturated carbocycles. The van der Waals surface area contributed by atoms with E-state index >= 15 is 0 Å². The molecular weight excluding hydrogens is 294 g/mol. The molecule has 1 aromatic rings.